The third kappa shape index (κ3) is 3.47. The Morgan fingerprint density at radius 2 is 1.95 bits per heavy atom. The summed E-state index contributed by atoms with van der Waals surface area (Å²) in [6.07, 6.45) is 1.08. The molecule has 1 aliphatic rings. The van der Waals surface area contributed by atoms with Crippen LogP contribution in [0, 0.1) is 10.1 Å². The average molecular weight is 293 g/mol. The van der Waals surface area contributed by atoms with Crippen molar-refractivity contribution in [3.8, 4) is 0 Å². The number of anilines is 1. The number of rotatable bonds is 5. The number of ether oxygens (including phenoxy) is 1. The lowest BCUT2D eigenvalue weighted by Crippen LogP contribution is -2.46. The first-order valence-electron chi connectivity index (χ1n) is 6.48. The van der Waals surface area contributed by atoms with E-state index in [0.29, 0.717) is 18.5 Å². The van der Waals surface area contributed by atoms with Gasteiger partial charge in [0, 0.05) is 17.8 Å². The second kappa shape index (κ2) is 5.78. The van der Waals surface area contributed by atoms with Crippen LogP contribution in [0.2, 0.25) is 0 Å². The van der Waals surface area contributed by atoms with Crippen molar-refractivity contribution in [3.05, 3.63) is 34.4 Å². The number of esters is 1. The normalized spacial score (nSPS) is 14.9. The minimum absolute atomic E-state index is 0.0638. The van der Waals surface area contributed by atoms with E-state index in [1.54, 1.807) is 6.92 Å². The fourth-order valence-corrected chi connectivity index (χ4v) is 1.82. The molecule has 1 saturated carbocycles. The predicted octanol–water partition coefficient (Wildman–Crippen LogP) is 1.81. The lowest BCUT2D eigenvalue weighted by Gasteiger charge is -2.16. The summed E-state index contributed by atoms with van der Waals surface area (Å²) in [7, 11) is 0. The topological polar surface area (TPSA) is 111 Å². The molecule has 0 aliphatic heterocycles. The number of urea groups is 1. The van der Waals surface area contributed by atoms with E-state index >= 15 is 0 Å². The molecule has 112 valence electrons. The molecule has 1 aliphatic carbocycles. The Bertz CT molecular complexity index is 566. The minimum Gasteiger partial charge on any atom is -0.464 e. The van der Waals surface area contributed by atoms with E-state index in [9.17, 15) is 19.7 Å². The number of carbonyl (C=O) groups is 2. The lowest BCUT2D eigenvalue weighted by atomic mass is 10.2. The Hall–Kier alpha value is -2.64. The Balaban J connectivity index is 1.93. The molecular weight excluding hydrogens is 278 g/mol. The number of benzene rings is 1. The highest BCUT2D eigenvalue weighted by molar-refractivity contribution is 5.95. The van der Waals surface area contributed by atoms with Gasteiger partial charge in [0.15, 0.2) is 0 Å². The van der Waals surface area contributed by atoms with Crippen LogP contribution in [0.1, 0.15) is 19.8 Å². The van der Waals surface area contributed by atoms with Crippen LogP contribution in [0.3, 0.4) is 0 Å². The summed E-state index contributed by atoms with van der Waals surface area (Å²) >= 11 is 0. The van der Waals surface area contributed by atoms with Crippen LogP contribution < -0.4 is 10.6 Å². The standard InChI is InChI=1S/C13H15N3O5/c1-2-21-11(17)13(7-8-13)15-12(18)14-9-3-5-10(6-4-9)16(19)20/h3-6H,2,7-8H2,1H3,(H2,14,15,18). The summed E-state index contributed by atoms with van der Waals surface area (Å²) in [5, 5.41) is 15.6. The Morgan fingerprint density at radius 1 is 1.33 bits per heavy atom. The number of hydrogen-bond acceptors (Lipinski definition) is 5. The highest BCUT2D eigenvalue weighted by Crippen LogP contribution is 2.36. The molecule has 2 rings (SSSR count). The first-order valence-corrected chi connectivity index (χ1v) is 6.48. The summed E-state index contributed by atoms with van der Waals surface area (Å²) in [6.45, 7) is 1.96. The number of carbonyl (C=O) groups excluding carboxylic acids is 2. The quantitative estimate of drug-likeness (QED) is 0.488. The zero-order chi connectivity index (χ0) is 15.5. The van der Waals surface area contributed by atoms with E-state index in [-0.39, 0.29) is 12.3 Å². The third-order valence-electron chi connectivity index (χ3n) is 3.10. The molecule has 8 nitrogen and oxygen atoms in total. The van der Waals surface area contributed by atoms with Gasteiger partial charge < -0.3 is 15.4 Å². The summed E-state index contributed by atoms with van der Waals surface area (Å²) in [6, 6.07) is 4.86. The number of non-ortho nitro benzene ring substituents is 1. The predicted molar refractivity (Wildman–Crippen MR) is 73.8 cm³/mol. The van der Waals surface area contributed by atoms with Gasteiger partial charge in [-0.3, -0.25) is 10.1 Å². The van der Waals surface area contributed by atoms with E-state index in [1.165, 1.54) is 24.3 Å². The van der Waals surface area contributed by atoms with Crippen LogP contribution in [0.15, 0.2) is 24.3 Å². The molecule has 0 spiro atoms. The maximum Gasteiger partial charge on any atom is 0.331 e. The van der Waals surface area contributed by atoms with Crippen LogP contribution in [0.5, 0.6) is 0 Å². The number of nitrogens with one attached hydrogen (secondary N) is 2. The van der Waals surface area contributed by atoms with Gasteiger partial charge in [0.1, 0.15) is 5.54 Å². The maximum atomic E-state index is 11.8. The van der Waals surface area contributed by atoms with Crippen LogP contribution in [0.25, 0.3) is 0 Å². The molecule has 1 aromatic carbocycles. The van der Waals surface area contributed by atoms with Crippen LogP contribution in [0.4, 0.5) is 16.2 Å². The highest BCUT2D eigenvalue weighted by atomic mass is 16.6. The number of hydrogen-bond donors (Lipinski definition) is 2. The summed E-state index contributed by atoms with van der Waals surface area (Å²) in [5.74, 6) is -0.441. The van der Waals surface area contributed by atoms with Crippen molar-refractivity contribution >= 4 is 23.4 Å². The Morgan fingerprint density at radius 3 is 2.43 bits per heavy atom. The van der Waals surface area contributed by atoms with Crippen molar-refractivity contribution in [1.29, 1.82) is 0 Å². The van der Waals surface area contributed by atoms with Crippen LogP contribution >= 0.6 is 0 Å². The van der Waals surface area contributed by atoms with Gasteiger partial charge in [-0.2, -0.15) is 0 Å². The number of nitro groups is 1. The minimum atomic E-state index is -0.930. The number of nitrogens with zero attached hydrogens (tertiary/aromatic N) is 1. The average Bonchev–Trinajstić information content (AvgIpc) is 3.20. The fourth-order valence-electron chi connectivity index (χ4n) is 1.82. The summed E-state index contributed by atoms with van der Waals surface area (Å²) in [4.78, 5) is 33.5. The van der Waals surface area contributed by atoms with Gasteiger partial charge in [0.25, 0.3) is 5.69 Å². The molecule has 0 bridgehead atoms. The van der Waals surface area contributed by atoms with E-state index in [4.69, 9.17) is 4.74 Å². The molecular formula is C13H15N3O5. The SMILES string of the molecule is CCOC(=O)C1(NC(=O)Nc2ccc([N+](=O)[O-])cc2)CC1. The van der Waals surface area contributed by atoms with Gasteiger partial charge in [0.2, 0.25) is 0 Å². The van der Waals surface area contributed by atoms with Crippen molar-refractivity contribution in [2.24, 2.45) is 0 Å². The van der Waals surface area contributed by atoms with Gasteiger partial charge >= 0.3 is 12.0 Å². The van der Waals surface area contributed by atoms with Crippen LogP contribution in [-0.2, 0) is 9.53 Å². The fraction of sp³-hybridized carbons (Fsp3) is 0.385. The molecule has 0 unspecified atom stereocenters. The zero-order valence-electron chi connectivity index (χ0n) is 11.4. The van der Waals surface area contributed by atoms with E-state index in [1.807, 2.05) is 0 Å². The van der Waals surface area contributed by atoms with Crippen molar-refractivity contribution < 1.29 is 19.2 Å². The van der Waals surface area contributed by atoms with E-state index in [2.05, 4.69) is 10.6 Å². The van der Waals surface area contributed by atoms with Crippen molar-refractivity contribution in [1.82, 2.24) is 5.32 Å². The van der Waals surface area contributed by atoms with Gasteiger partial charge in [-0.05, 0) is 31.9 Å². The van der Waals surface area contributed by atoms with E-state index < -0.39 is 22.5 Å². The lowest BCUT2D eigenvalue weighted by molar-refractivity contribution is -0.384. The molecule has 21 heavy (non-hydrogen) atoms. The summed E-state index contributed by atoms with van der Waals surface area (Å²) in [5.41, 5.74) is -0.593. The maximum absolute atomic E-state index is 11.8. The largest absolute Gasteiger partial charge is 0.464 e. The first-order chi connectivity index (χ1) is 9.97. The monoisotopic (exact) mass is 293 g/mol. The van der Waals surface area contributed by atoms with Crippen molar-refractivity contribution in [2.75, 3.05) is 11.9 Å². The molecule has 1 aromatic rings. The second-order valence-electron chi connectivity index (χ2n) is 4.69. The van der Waals surface area contributed by atoms with Gasteiger partial charge in [0.05, 0.1) is 11.5 Å². The second-order valence-corrected chi connectivity index (χ2v) is 4.69. The smallest absolute Gasteiger partial charge is 0.331 e. The zero-order valence-corrected chi connectivity index (χ0v) is 11.4. The number of nitro benzene ring substituents is 1. The van der Waals surface area contributed by atoms with Gasteiger partial charge in [-0.1, -0.05) is 0 Å². The first kappa shape index (κ1) is 14.8. The molecule has 8 heteroatoms. The molecule has 0 atom stereocenters. The molecule has 2 N–H and O–H groups in total. The molecule has 0 heterocycles. The molecule has 0 saturated heterocycles. The third-order valence-corrected chi connectivity index (χ3v) is 3.10. The van der Waals surface area contributed by atoms with Crippen LogP contribution in [-0.4, -0.2) is 29.1 Å². The van der Waals surface area contributed by atoms with Gasteiger partial charge in [-0.15, -0.1) is 0 Å². The van der Waals surface area contributed by atoms with E-state index in [0.717, 1.165) is 0 Å². The van der Waals surface area contributed by atoms with Gasteiger partial charge in [-0.25, -0.2) is 9.59 Å². The molecule has 2 amide bonds. The Kier molecular flexibility index (Phi) is 4.06. The summed E-state index contributed by atoms with van der Waals surface area (Å²) < 4.78 is 4.91. The molecule has 0 aromatic heterocycles. The highest BCUT2D eigenvalue weighted by Gasteiger charge is 2.52. The molecule has 1 fully saturated rings. The van der Waals surface area contributed by atoms with Crippen molar-refractivity contribution in [3.63, 3.8) is 0 Å². The number of amides is 2. The van der Waals surface area contributed by atoms with Crippen molar-refractivity contribution in [2.45, 2.75) is 25.3 Å². The Labute approximate surface area is 120 Å². The molecule has 0 radical (unpaired) electrons.